The van der Waals surface area contributed by atoms with Gasteiger partial charge in [-0.1, -0.05) is 0 Å². The van der Waals surface area contributed by atoms with E-state index in [-0.39, 0.29) is 13.2 Å². The Morgan fingerprint density at radius 2 is 2.24 bits per heavy atom. The van der Waals surface area contributed by atoms with E-state index >= 15 is 0 Å². The van der Waals surface area contributed by atoms with E-state index in [1.807, 2.05) is 5.38 Å². The Balaban J connectivity index is 2.22. The third-order valence-electron chi connectivity index (χ3n) is 2.70. The number of nitrogens with zero attached hydrogens (tertiary/aromatic N) is 1. The zero-order valence-electron chi connectivity index (χ0n) is 8.97. The quantitative estimate of drug-likeness (QED) is 0.859. The van der Waals surface area contributed by atoms with Gasteiger partial charge in [0.05, 0.1) is 18.2 Å². The smallest absolute Gasteiger partial charge is 0.324 e. The van der Waals surface area contributed by atoms with E-state index < -0.39 is 17.3 Å². The molecule has 0 atom stereocenters. The predicted octanol–water partition coefficient (Wildman–Crippen LogP) is 1.57. The second kappa shape index (κ2) is 4.40. The van der Waals surface area contributed by atoms with Gasteiger partial charge < -0.3 is 14.7 Å². The van der Waals surface area contributed by atoms with Crippen LogP contribution >= 0.6 is 27.3 Å². The number of ether oxygens (including phenoxy) is 1. The fourth-order valence-electron chi connectivity index (χ4n) is 1.54. The van der Waals surface area contributed by atoms with E-state index in [1.54, 1.807) is 13.1 Å². The third-order valence-corrected chi connectivity index (χ3v) is 4.47. The fourth-order valence-corrected chi connectivity index (χ4v) is 2.93. The van der Waals surface area contributed by atoms with Crippen LogP contribution in [0.5, 0.6) is 0 Å². The first-order chi connectivity index (χ1) is 7.97. The van der Waals surface area contributed by atoms with Gasteiger partial charge in [0.15, 0.2) is 5.41 Å². The van der Waals surface area contributed by atoms with Crippen molar-refractivity contribution >= 4 is 44.1 Å². The zero-order chi connectivity index (χ0) is 12.6. The number of carbonyl (C=O) groups excluding carboxylic acids is 1. The van der Waals surface area contributed by atoms with E-state index in [9.17, 15) is 9.59 Å². The topological polar surface area (TPSA) is 66.8 Å². The van der Waals surface area contributed by atoms with Gasteiger partial charge in [-0.15, -0.1) is 11.3 Å². The molecule has 1 saturated heterocycles. The van der Waals surface area contributed by atoms with E-state index in [0.717, 1.165) is 4.47 Å². The molecule has 0 aromatic carbocycles. The molecule has 0 saturated carbocycles. The van der Waals surface area contributed by atoms with E-state index in [1.165, 1.54) is 16.2 Å². The minimum Gasteiger partial charge on any atom is -0.480 e. The molecule has 0 radical (unpaired) electrons. The van der Waals surface area contributed by atoms with Gasteiger partial charge in [0, 0.05) is 16.9 Å². The van der Waals surface area contributed by atoms with Crippen LogP contribution in [0.25, 0.3) is 0 Å². The van der Waals surface area contributed by atoms with Crippen molar-refractivity contribution in [2.45, 2.75) is 0 Å². The Hall–Kier alpha value is -0.920. The van der Waals surface area contributed by atoms with Crippen molar-refractivity contribution in [3.05, 3.63) is 15.9 Å². The summed E-state index contributed by atoms with van der Waals surface area (Å²) >= 11 is 4.66. The lowest BCUT2D eigenvalue weighted by atomic mass is 9.84. The molecule has 92 valence electrons. The lowest BCUT2D eigenvalue weighted by Gasteiger charge is -2.37. The number of anilines is 1. The number of halogens is 1. The van der Waals surface area contributed by atoms with E-state index in [4.69, 9.17) is 9.84 Å². The van der Waals surface area contributed by atoms with Gasteiger partial charge in [0.2, 0.25) is 5.91 Å². The van der Waals surface area contributed by atoms with Crippen LogP contribution in [-0.4, -0.2) is 37.2 Å². The molecule has 1 amide bonds. The lowest BCUT2D eigenvalue weighted by molar-refractivity contribution is -0.183. The molecular weight excluding hydrogens is 310 g/mol. The van der Waals surface area contributed by atoms with Crippen LogP contribution in [-0.2, 0) is 14.3 Å². The Labute approximate surface area is 110 Å². The second-order valence-electron chi connectivity index (χ2n) is 3.85. The summed E-state index contributed by atoms with van der Waals surface area (Å²) in [4.78, 5) is 24.7. The Morgan fingerprint density at radius 3 is 2.59 bits per heavy atom. The highest BCUT2D eigenvalue weighted by Crippen LogP contribution is 2.34. The molecule has 0 unspecified atom stereocenters. The summed E-state index contributed by atoms with van der Waals surface area (Å²) in [5.74, 6) is -1.57. The first-order valence-corrected chi connectivity index (χ1v) is 6.48. The normalized spacial score (nSPS) is 17.3. The van der Waals surface area contributed by atoms with Gasteiger partial charge in [-0.25, -0.2) is 0 Å². The summed E-state index contributed by atoms with van der Waals surface area (Å²) in [5.41, 5.74) is -1.41. The molecule has 1 aliphatic rings. The standard InChI is InChI=1S/C10H10BrNO4S/c1-12(7-2-6(11)3-17-7)8(13)10(9(14)15)4-16-5-10/h2-3H,4-5H2,1H3,(H,14,15). The van der Waals surface area contributed by atoms with Crippen LogP contribution < -0.4 is 4.90 Å². The summed E-state index contributed by atoms with van der Waals surface area (Å²) in [6.07, 6.45) is 0. The lowest BCUT2D eigenvalue weighted by Crippen LogP contribution is -2.59. The number of rotatable bonds is 3. The van der Waals surface area contributed by atoms with Gasteiger partial charge in [-0.3, -0.25) is 9.59 Å². The highest BCUT2D eigenvalue weighted by Gasteiger charge is 2.54. The minimum absolute atomic E-state index is 0.0575. The van der Waals surface area contributed by atoms with Crippen LogP contribution in [0.3, 0.4) is 0 Å². The van der Waals surface area contributed by atoms with E-state index in [2.05, 4.69) is 15.9 Å². The van der Waals surface area contributed by atoms with Crippen molar-refractivity contribution in [2.75, 3.05) is 25.2 Å². The molecule has 7 heteroatoms. The SMILES string of the molecule is CN(C(=O)C1(C(=O)O)COC1)c1cc(Br)cs1. The third kappa shape index (κ3) is 1.98. The van der Waals surface area contributed by atoms with Crippen molar-refractivity contribution < 1.29 is 19.4 Å². The number of thiophene rings is 1. The van der Waals surface area contributed by atoms with Crippen LogP contribution in [0.1, 0.15) is 0 Å². The Kier molecular flexibility index (Phi) is 3.24. The van der Waals surface area contributed by atoms with Gasteiger partial charge in [-0.05, 0) is 22.0 Å². The van der Waals surface area contributed by atoms with Gasteiger partial charge in [0.1, 0.15) is 0 Å². The monoisotopic (exact) mass is 319 g/mol. The summed E-state index contributed by atoms with van der Waals surface area (Å²) in [6, 6.07) is 1.78. The number of carboxylic acid groups (broad SMARTS) is 1. The van der Waals surface area contributed by atoms with Crippen LogP contribution in [0, 0.1) is 5.41 Å². The zero-order valence-corrected chi connectivity index (χ0v) is 11.4. The minimum atomic E-state index is -1.41. The Bertz CT molecular complexity index is 469. The summed E-state index contributed by atoms with van der Waals surface area (Å²) in [5, 5.41) is 11.7. The first-order valence-electron chi connectivity index (χ1n) is 4.81. The number of hydrogen-bond acceptors (Lipinski definition) is 4. The second-order valence-corrected chi connectivity index (χ2v) is 5.65. The average molecular weight is 320 g/mol. The van der Waals surface area contributed by atoms with Crippen molar-refractivity contribution in [3.8, 4) is 0 Å². The summed E-state index contributed by atoms with van der Waals surface area (Å²) in [7, 11) is 1.57. The van der Waals surface area contributed by atoms with Crippen molar-refractivity contribution in [2.24, 2.45) is 5.41 Å². The van der Waals surface area contributed by atoms with E-state index in [0.29, 0.717) is 5.00 Å². The maximum Gasteiger partial charge on any atom is 0.324 e. The molecule has 17 heavy (non-hydrogen) atoms. The largest absolute Gasteiger partial charge is 0.480 e. The van der Waals surface area contributed by atoms with Gasteiger partial charge >= 0.3 is 5.97 Å². The average Bonchev–Trinajstić information content (AvgIpc) is 2.61. The highest BCUT2D eigenvalue weighted by molar-refractivity contribution is 9.10. The summed E-state index contributed by atoms with van der Waals surface area (Å²) in [6.45, 7) is -0.115. The predicted molar refractivity (Wildman–Crippen MR) is 66.3 cm³/mol. The van der Waals surface area contributed by atoms with Crippen LogP contribution in [0.2, 0.25) is 0 Å². The molecule has 0 spiro atoms. The number of amides is 1. The molecule has 1 aliphatic heterocycles. The number of aliphatic carboxylic acids is 1. The summed E-state index contributed by atoms with van der Waals surface area (Å²) < 4.78 is 5.74. The first kappa shape index (κ1) is 12.5. The molecule has 2 heterocycles. The molecule has 0 bridgehead atoms. The molecule has 1 fully saturated rings. The molecule has 1 N–H and O–H groups in total. The maximum absolute atomic E-state index is 12.2. The van der Waals surface area contributed by atoms with Crippen LogP contribution in [0.4, 0.5) is 5.00 Å². The molecule has 1 aromatic rings. The molecule has 5 nitrogen and oxygen atoms in total. The fraction of sp³-hybridized carbons (Fsp3) is 0.400. The Morgan fingerprint density at radius 1 is 1.59 bits per heavy atom. The molecular formula is C10H10BrNO4S. The molecule has 1 aromatic heterocycles. The number of hydrogen-bond donors (Lipinski definition) is 1. The van der Waals surface area contributed by atoms with Gasteiger partial charge in [0.25, 0.3) is 0 Å². The van der Waals surface area contributed by atoms with Crippen molar-refractivity contribution in [1.29, 1.82) is 0 Å². The molecule has 0 aliphatic carbocycles. The van der Waals surface area contributed by atoms with Gasteiger partial charge in [-0.2, -0.15) is 0 Å². The highest BCUT2D eigenvalue weighted by atomic mass is 79.9. The van der Waals surface area contributed by atoms with Crippen LogP contribution in [0.15, 0.2) is 15.9 Å². The molecule has 2 rings (SSSR count). The van der Waals surface area contributed by atoms with Crippen molar-refractivity contribution in [1.82, 2.24) is 0 Å². The maximum atomic E-state index is 12.2. The number of carbonyl (C=O) groups is 2. The number of carboxylic acids is 1. The van der Waals surface area contributed by atoms with Crippen molar-refractivity contribution in [3.63, 3.8) is 0 Å².